The third kappa shape index (κ3) is 3.65. The van der Waals surface area contributed by atoms with Gasteiger partial charge in [0.15, 0.2) is 0 Å². The van der Waals surface area contributed by atoms with Gasteiger partial charge in [-0.05, 0) is 93.3 Å². The van der Waals surface area contributed by atoms with E-state index >= 15 is 0 Å². The molecule has 46 heavy (non-hydrogen) atoms. The average molecular weight is 585 g/mol. The summed E-state index contributed by atoms with van der Waals surface area (Å²) in [5, 5.41) is 10.2. The second kappa shape index (κ2) is 9.69. The molecule has 0 atom stereocenters. The molecule has 0 saturated heterocycles. The van der Waals surface area contributed by atoms with Crippen molar-refractivity contribution in [1.82, 2.24) is 9.13 Å². The largest absolute Gasteiger partial charge is 0.309 e. The number of aromatic nitrogens is 2. The zero-order valence-corrected chi connectivity index (χ0v) is 25.1. The maximum atomic E-state index is 2.42. The monoisotopic (exact) mass is 584 g/mol. The SMILES string of the molecule is c1ccc(-n2c3ccccc3c3cc(-c4ccc5c(c4)c4ccccc4n5-c4ccc5ccc6ccccc6c5c4)ccc32)cc1. The Morgan fingerprint density at radius 1 is 0.261 bits per heavy atom. The molecule has 2 heteroatoms. The van der Waals surface area contributed by atoms with Gasteiger partial charge < -0.3 is 9.13 Å². The van der Waals surface area contributed by atoms with Crippen LogP contribution in [0.3, 0.4) is 0 Å². The Labute approximate surface area is 266 Å². The maximum absolute atomic E-state index is 2.42. The number of fused-ring (bicyclic) bond motifs is 9. The lowest BCUT2D eigenvalue weighted by atomic mass is 10.0. The van der Waals surface area contributed by atoms with E-state index < -0.39 is 0 Å². The van der Waals surface area contributed by atoms with Crippen molar-refractivity contribution in [2.75, 3.05) is 0 Å². The highest BCUT2D eigenvalue weighted by atomic mass is 15.0. The molecular formula is C44H28N2. The summed E-state index contributed by atoms with van der Waals surface area (Å²) in [6, 6.07) is 62.0. The molecule has 2 heterocycles. The van der Waals surface area contributed by atoms with Gasteiger partial charge in [-0.2, -0.15) is 0 Å². The molecule has 0 aliphatic heterocycles. The first-order chi connectivity index (χ1) is 22.8. The van der Waals surface area contributed by atoms with Crippen LogP contribution in [0.1, 0.15) is 0 Å². The number of para-hydroxylation sites is 3. The van der Waals surface area contributed by atoms with Crippen LogP contribution in [-0.4, -0.2) is 9.13 Å². The minimum atomic E-state index is 1.18. The summed E-state index contributed by atoms with van der Waals surface area (Å²) in [6.45, 7) is 0. The smallest absolute Gasteiger partial charge is 0.0541 e. The van der Waals surface area contributed by atoms with E-state index in [1.807, 2.05) is 0 Å². The van der Waals surface area contributed by atoms with Crippen LogP contribution < -0.4 is 0 Å². The summed E-state index contributed by atoms with van der Waals surface area (Å²) < 4.78 is 4.80. The maximum Gasteiger partial charge on any atom is 0.0541 e. The van der Waals surface area contributed by atoms with Gasteiger partial charge in [-0.25, -0.2) is 0 Å². The Hall–Kier alpha value is -6.12. The van der Waals surface area contributed by atoms with Gasteiger partial charge in [-0.3, -0.25) is 0 Å². The highest BCUT2D eigenvalue weighted by Gasteiger charge is 2.16. The summed E-state index contributed by atoms with van der Waals surface area (Å²) >= 11 is 0. The Morgan fingerprint density at radius 3 is 1.39 bits per heavy atom. The lowest BCUT2D eigenvalue weighted by Gasteiger charge is -2.11. The van der Waals surface area contributed by atoms with Gasteiger partial charge in [0.1, 0.15) is 0 Å². The molecule has 0 N–H and O–H groups in total. The number of rotatable bonds is 3. The second-order valence-corrected chi connectivity index (χ2v) is 12.2. The van der Waals surface area contributed by atoms with Gasteiger partial charge in [-0.15, -0.1) is 0 Å². The third-order valence-electron chi connectivity index (χ3n) is 9.68. The van der Waals surface area contributed by atoms with Crippen LogP contribution in [-0.2, 0) is 0 Å². The Morgan fingerprint density at radius 2 is 0.739 bits per heavy atom. The number of hydrogen-bond acceptors (Lipinski definition) is 0. The summed E-state index contributed by atoms with van der Waals surface area (Å²) in [7, 11) is 0. The number of hydrogen-bond donors (Lipinski definition) is 0. The lowest BCUT2D eigenvalue weighted by molar-refractivity contribution is 1.18. The average Bonchev–Trinajstić information content (AvgIpc) is 3.64. The van der Waals surface area contributed by atoms with Crippen molar-refractivity contribution < 1.29 is 0 Å². The predicted molar refractivity (Wildman–Crippen MR) is 196 cm³/mol. The van der Waals surface area contributed by atoms with Crippen LogP contribution >= 0.6 is 0 Å². The van der Waals surface area contributed by atoms with Gasteiger partial charge in [0.25, 0.3) is 0 Å². The first-order valence-corrected chi connectivity index (χ1v) is 15.9. The molecular weight excluding hydrogens is 556 g/mol. The molecule has 0 fully saturated rings. The topological polar surface area (TPSA) is 9.86 Å². The molecule has 0 radical (unpaired) electrons. The molecule has 2 aromatic heterocycles. The number of nitrogens with zero attached hydrogens (tertiary/aromatic N) is 2. The molecule has 0 aliphatic rings. The zero-order chi connectivity index (χ0) is 30.2. The van der Waals surface area contributed by atoms with Crippen molar-refractivity contribution in [1.29, 1.82) is 0 Å². The first-order valence-electron chi connectivity index (χ1n) is 15.9. The second-order valence-electron chi connectivity index (χ2n) is 12.2. The minimum Gasteiger partial charge on any atom is -0.309 e. The molecule has 10 aromatic rings. The summed E-state index contributed by atoms with van der Waals surface area (Å²) in [5.74, 6) is 0. The standard InChI is InChI=1S/C44H28N2/c1-2-11-33(12-3-1)45-41-16-8-6-14-36(41)39-26-31(21-24-43(39)45)32-22-25-44-40(27-32)37-15-7-9-17-42(37)46(44)34-23-20-30-19-18-29-10-4-5-13-35(29)38(30)28-34/h1-28H. The zero-order valence-electron chi connectivity index (χ0n) is 25.1. The van der Waals surface area contributed by atoms with E-state index in [1.165, 1.54) is 87.7 Å². The Kier molecular flexibility index (Phi) is 5.31. The fourth-order valence-electron chi connectivity index (χ4n) is 7.57. The van der Waals surface area contributed by atoms with E-state index in [-0.39, 0.29) is 0 Å². The van der Waals surface area contributed by atoms with Crippen LogP contribution in [0.5, 0.6) is 0 Å². The molecule has 0 aliphatic carbocycles. The van der Waals surface area contributed by atoms with E-state index in [2.05, 4.69) is 179 Å². The van der Waals surface area contributed by atoms with Gasteiger partial charge >= 0.3 is 0 Å². The highest BCUT2D eigenvalue weighted by Crippen LogP contribution is 2.39. The van der Waals surface area contributed by atoms with Crippen LogP contribution in [0.4, 0.5) is 0 Å². The van der Waals surface area contributed by atoms with Crippen molar-refractivity contribution in [2.24, 2.45) is 0 Å². The molecule has 0 saturated carbocycles. The van der Waals surface area contributed by atoms with E-state index in [4.69, 9.17) is 0 Å². The van der Waals surface area contributed by atoms with Gasteiger partial charge in [0.2, 0.25) is 0 Å². The van der Waals surface area contributed by atoms with Crippen LogP contribution in [0.15, 0.2) is 170 Å². The fraction of sp³-hybridized carbons (Fsp3) is 0. The molecule has 0 spiro atoms. The Balaban J connectivity index is 1.18. The fourth-order valence-corrected chi connectivity index (χ4v) is 7.57. The normalized spacial score (nSPS) is 11.9. The predicted octanol–water partition coefficient (Wildman–Crippen LogP) is 11.9. The quantitative estimate of drug-likeness (QED) is 0.183. The molecule has 2 nitrogen and oxygen atoms in total. The Bertz CT molecular complexity index is 2800. The summed E-state index contributed by atoms with van der Waals surface area (Å²) in [6.07, 6.45) is 0. The van der Waals surface area contributed by atoms with E-state index in [0.717, 1.165) is 0 Å². The van der Waals surface area contributed by atoms with E-state index in [0.29, 0.717) is 0 Å². The third-order valence-corrected chi connectivity index (χ3v) is 9.68. The van der Waals surface area contributed by atoms with Crippen molar-refractivity contribution in [3.63, 3.8) is 0 Å². The number of benzene rings is 8. The van der Waals surface area contributed by atoms with Crippen molar-refractivity contribution >= 4 is 65.2 Å². The van der Waals surface area contributed by atoms with E-state index in [1.54, 1.807) is 0 Å². The summed E-state index contributed by atoms with van der Waals surface area (Å²) in [4.78, 5) is 0. The molecule has 0 bridgehead atoms. The van der Waals surface area contributed by atoms with Crippen molar-refractivity contribution in [3.8, 4) is 22.5 Å². The van der Waals surface area contributed by atoms with Crippen LogP contribution in [0.25, 0.3) is 87.7 Å². The molecule has 8 aromatic carbocycles. The molecule has 10 rings (SSSR count). The van der Waals surface area contributed by atoms with Gasteiger partial charge in [0, 0.05) is 32.9 Å². The molecule has 0 amide bonds. The summed E-state index contributed by atoms with van der Waals surface area (Å²) in [5.41, 5.74) is 9.68. The van der Waals surface area contributed by atoms with Crippen LogP contribution in [0.2, 0.25) is 0 Å². The molecule has 0 unspecified atom stereocenters. The first kappa shape index (κ1) is 25.2. The van der Waals surface area contributed by atoms with Crippen molar-refractivity contribution in [3.05, 3.63) is 170 Å². The lowest BCUT2D eigenvalue weighted by Crippen LogP contribution is -1.94. The van der Waals surface area contributed by atoms with Crippen molar-refractivity contribution in [2.45, 2.75) is 0 Å². The van der Waals surface area contributed by atoms with Gasteiger partial charge in [-0.1, -0.05) is 109 Å². The van der Waals surface area contributed by atoms with Gasteiger partial charge in [0.05, 0.1) is 22.1 Å². The molecule has 214 valence electrons. The van der Waals surface area contributed by atoms with Crippen LogP contribution in [0, 0.1) is 0 Å². The van der Waals surface area contributed by atoms with E-state index in [9.17, 15) is 0 Å². The highest BCUT2D eigenvalue weighted by molar-refractivity contribution is 6.13. The minimum absolute atomic E-state index is 1.18.